The van der Waals surface area contributed by atoms with Crippen molar-refractivity contribution >= 4 is 34.8 Å². The Morgan fingerprint density at radius 2 is 2.12 bits per heavy atom. The number of amides is 2. The summed E-state index contributed by atoms with van der Waals surface area (Å²) in [6, 6.07) is 6.39. The Hall–Kier alpha value is -2.74. The molecule has 1 saturated heterocycles. The van der Waals surface area contributed by atoms with E-state index in [9.17, 15) is 18.8 Å². The molecule has 1 N–H and O–H groups in total. The van der Waals surface area contributed by atoms with Crippen LogP contribution >= 0.6 is 11.3 Å². The second-order valence-corrected chi connectivity index (χ2v) is 6.76. The van der Waals surface area contributed by atoms with Crippen LogP contribution in [-0.4, -0.2) is 42.4 Å². The van der Waals surface area contributed by atoms with Gasteiger partial charge in [-0.1, -0.05) is 6.07 Å². The molecule has 1 aromatic heterocycles. The predicted octanol–water partition coefficient (Wildman–Crippen LogP) is 2.92. The van der Waals surface area contributed by atoms with E-state index in [4.69, 9.17) is 0 Å². The largest absolute Gasteiger partial charge is 0.465 e. The zero-order valence-corrected chi connectivity index (χ0v) is 14.8. The first kappa shape index (κ1) is 18.1. The van der Waals surface area contributed by atoms with Crippen LogP contribution in [0.25, 0.3) is 0 Å². The average molecular weight is 376 g/mol. The number of thiophene rings is 1. The first-order valence-electron chi connectivity index (χ1n) is 8.04. The topological polar surface area (TPSA) is 75.7 Å². The van der Waals surface area contributed by atoms with Gasteiger partial charge in [0.15, 0.2) is 0 Å². The van der Waals surface area contributed by atoms with E-state index in [1.807, 2.05) is 0 Å². The number of rotatable bonds is 4. The summed E-state index contributed by atoms with van der Waals surface area (Å²) >= 11 is 1.31. The number of halogens is 1. The first-order chi connectivity index (χ1) is 12.5. The van der Waals surface area contributed by atoms with E-state index in [-0.39, 0.29) is 17.2 Å². The van der Waals surface area contributed by atoms with Gasteiger partial charge in [-0.2, -0.15) is 0 Å². The van der Waals surface area contributed by atoms with E-state index in [1.54, 1.807) is 17.5 Å². The lowest BCUT2D eigenvalue weighted by Gasteiger charge is -2.23. The lowest BCUT2D eigenvalue weighted by atomic mass is 10.1. The number of carbonyl (C=O) groups excluding carboxylic acids is 3. The molecule has 0 bridgehead atoms. The number of esters is 1. The fourth-order valence-electron chi connectivity index (χ4n) is 2.91. The third-order valence-electron chi connectivity index (χ3n) is 4.19. The minimum Gasteiger partial charge on any atom is -0.465 e. The number of carbonyl (C=O) groups is 3. The summed E-state index contributed by atoms with van der Waals surface area (Å²) in [5, 5.41) is 4.29. The van der Waals surface area contributed by atoms with Crippen molar-refractivity contribution in [3.8, 4) is 0 Å². The van der Waals surface area contributed by atoms with Crippen LogP contribution in [0.5, 0.6) is 0 Å². The molecule has 3 rings (SSSR count). The number of likely N-dealkylation sites (tertiary alicyclic amines) is 1. The molecule has 2 amide bonds. The molecule has 1 atom stereocenters. The maximum Gasteiger partial charge on any atom is 0.337 e. The monoisotopic (exact) mass is 376 g/mol. The van der Waals surface area contributed by atoms with Crippen molar-refractivity contribution in [1.29, 1.82) is 0 Å². The van der Waals surface area contributed by atoms with Crippen molar-refractivity contribution in [2.24, 2.45) is 0 Å². The van der Waals surface area contributed by atoms with E-state index in [1.165, 1.54) is 35.5 Å². The second-order valence-electron chi connectivity index (χ2n) is 5.81. The number of benzene rings is 1. The Balaban J connectivity index is 1.77. The molecule has 2 heterocycles. The molecule has 0 saturated carbocycles. The van der Waals surface area contributed by atoms with E-state index >= 15 is 0 Å². The van der Waals surface area contributed by atoms with Gasteiger partial charge in [-0.25, -0.2) is 9.18 Å². The van der Waals surface area contributed by atoms with Gasteiger partial charge in [-0.15, -0.1) is 11.3 Å². The van der Waals surface area contributed by atoms with Crippen molar-refractivity contribution in [2.45, 2.75) is 18.9 Å². The quantitative estimate of drug-likeness (QED) is 0.833. The van der Waals surface area contributed by atoms with Crippen LogP contribution in [0.1, 0.15) is 32.9 Å². The first-order valence-corrected chi connectivity index (χ1v) is 8.92. The highest BCUT2D eigenvalue weighted by Crippen LogP contribution is 2.24. The summed E-state index contributed by atoms with van der Waals surface area (Å²) in [6.45, 7) is 0.472. The fourth-order valence-corrected chi connectivity index (χ4v) is 3.59. The summed E-state index contributed by atoms with van der Waals surface area (Å²) < 4.78 is 18.6. The van der Waals surface area contributed by atoms with Gasteiger partial charge in [0.1, 0.15) is 11.9 Å². The highest BCUT2D eigenvalue weighted by molar-refractivity contribution is 7.12. The van der Waals surface area contributed by atoms with Gasteiger partial charge in [0.05, 0.1) is 23.2 Å². The van der Waals surface area contributed by atoms with Crippen molar-refractivity contribution in [3.05, 3.63) is 52.0 Å². The zero-order chi connectivity index (χ0) is 18.7. The van der Waals surface area contributed by atoms with Crippen LogP contribution in [0.4, 0.5) is 10.1 Å². The van der Waals surface area contributed by atoms with Crippen molar-refractivity contribution in [1.82, 2.24) is 4.90 Å². The predicted molar refractivity (Wildman–Crippen MR) is 94.7 cm³/mol. The van der Waals surface area contributed by atoms with Crippen LogP contribution in [-0.2, 0) is 9.53 Å². The fraction of sp³-hybridized carbons (Fsp3) is 0.278. The minimum absolute atomic E-state index is 0.117. The molecule has 0 radical (unpaired) electrons. The van der Waals surface area contributed by atoms with Crippen LogP contribution in [0.15, 0.2) is 35.7 Å². The van der Waals surface area contributed by atoms with Gasteiger partial charge < -0.3 is 15.0 Å². The molecule has 0 aliphatic carbocycles. The highest BCUT2D eigenvalue weighted by Gasteiger charge is 2.35. The molecule has 136 valence electrons. The van der Waals surface area contributed by atoms with Crippen molar-refractivity contribution in [3.63, 3.8) is 0 Å². The molecule has 1 aliphatic rings. The Kier molecular flexibility index (Phi) is 5.32. The van der Waals surface area contributed by atoms with Crippen LogP contribution in [0, 0.1) is 5.82 Å². The number of nitrogens with one attached hydrogen (secondary N) is 1. The van der Waals surface area contributed by atoms with Gasteiger partial charge in [-0.3, -0.25) is 9.59 Å². The molecule has 6 nitrogen and oxygen atoms in total. The molecular weight excluding hydrogens is 359 g/mol. The van der Waals surface area contributed by atoms with Crippen LogP contribution < -0.4 is 5.32 Å². The molecule has 26 heavy (non-hydrogen) atoms. The second kappa shape index (κ2) is 7.65. The average Bonchev–Trinajstić information content (AvgIpc) is 3.34. The summed E-state index contributed by atoms with van der Waals surface area (Å²) in [7, 11) is 1.22. The third kappa shape index (κ3) is 3.60. The summed E-state index contributed by atoms with van der Waals surface area (Å²) in [4.78, 5) is 38.8. The van der Waals surface area contributed by atoms with Crippen molar-refractivity contribution < 1.29 is 23.5 Å². The Morgan fingerprint density at radius 3 is 2.81 bits per heavy atom. The SMILES string of the molecule is COC(=O)c1ccc(F)c(NC(=O)C2CCCN2C(=O)c2cccs2)c1. The zero-order valence-electron chi connectivity index (χ0n) is 14.0. The van der Waals surface area contributed by atoms with E-state index in [0.717, 1.165) is 6.07 Å². The smallest absolute Gasteiger partial charge is 0.337 e. The third-order valence-corrected chi connectivity index (χ3v) is 5.05. The number of hydrogen-bond donors (Lipinski definition) is 1. The highest BCUT2D eigenvalue weighted by atomic mass is 32.1. The Bertz CT molecular complexity index is 838. The molecule has 1 fully saturated rings. The van der Waals surface area contributed by atoms with Crippen molar-refractivity contribution in [2.75, 3.05) is 19.0 Å². The normalized spacial score (nSPS) is 16.4. The lowest BCUT2D eigenvalue weighted by Crippen LogP contribution is -2.43. The minimum atomic E-state index is -0.675. The number of hydrogen-bond acceptors (Lipinski definition) is 5. The van der Waals surface area contributed by atoms with Crippen LogP contribution in [0.3, 0.4) is 0 Å². The number of anilines is 1. The Morgan fingerprint density at radius 1 is 1.31 bits per heavy atom. The number of ether oxygens (including phenoxy) is 1. The molecule has 2 aromatic rings. The summed E-state index contributed by atoms with van der Waals surface area (Å²) in [5.74, 6) is -1.98. The molecular formula is C18H17FN2O4S. The van der Waals surface area contributed by atoms with E-state index < -0.39 is 23.7 Å². The van der Waals surface area contributed by atoms with E-state index in [2.05, 4.69) is 10.1 Å². The lowest BCUT2D eigenvalue weighted by molar-refractivity contribution is -0.119. The number of nitrogens with zero attached hydrogens (tertiary/aromatic N) is 1. The summed E-state index contributed by atoms with van der Waals surface area (Å²) in [6.07, 6.45) is 1.20. The molecule has 8 heteroatoms. The summed E-state index contributed by atoms with van der Waals surface area (Å²) in [5.41, 5.74) is 0.00969. The standard InChI is InChI=1S/C18H17FN2O4S/c1-25-18(24)11-6-7-12(19)13(10-11)20-16(22)14-4-2-8-21(14)17(23)15-5-3-9-26-15/h3,5-7,9-10,14H,2,4,8H2,1H3,(H,20,22). The van der Waals surface area contributed by atoms with Gasteiger partial charge in [0, 0.05) is 6.54 Å². The molecule has 1 unspecified atom stereocenters. The maximum absolute atomic E-state index is 14.0. The van der Waals surface area contributed by atoms with Gasteiger partial charge in [-0.05, 0) is 42.5 Å². The van der Waals surface area contributed by atoms with Gasteiger partial charge >= 0.3 is 5.97 Å². The van der Waals surface area contributed by atoms with Gasteiger partial charge in [0.2, 0.25) is 5.91 Å². The maximum atomic E-state index is 14.0. The number of methoxy groups -OCH3 is 1. The Labute approximate surface area is 153 Å². The molecule has 1 aliphatic heterocycles. The molecule has 0 spiro atoms. The molecule has 1 aromatic carbocycles. The van der Waals surface area contributed by atoms with E-state index in [0.29, 0.717) is 24.3 Å². The van der Waals surface area contributed by atoms with Crippen LogP contribution in [0.2, 0.25) is 0 Å². The van der Waals surface area contributed by atoms with Gasteiger partial charge in [0.25, 0.3) is 5.91 Å².